The van der Waals surface area contributed by atoms with Gasteiger partial charge in [-0.15, -0.1) is 11.8 Å². The van der Waals surface area contributed by atoms with Gasteiger partial charge < -0.3 is 25.3 Å². The fourth-order valence-electron chi connectivity index (χ4n) is 3.82. The molecule has 0 aliphatic carbocycles. The molecule has 3 heterocycles. The van der Waals surface area contributed by atoms with E-state index in [1.807, 2.05) is 6.92 Å². The molecule has 0 aromatic rings. The Balaban J connectivity index is 1.74. The minimum atomic E-state index is -1.18. The normalized spacial score (nSPS) is 29.3. The predicted octanol–water partition coefficient (Wildman–Crippen LogP) is -0.718. The molecule has 142 valence electrons. The lowest BCUT2D eigenvalue weighted by molar-refractivity contribution is -0.163. The van der Waals surface area contributed by atoms with Crippen LogP contribution in [-0.4, -0.2) is 81.2 Å². The van der Waals surface area contributed by atoms with Crippen LogP contribution in [0.4, 0.5) is 0 Å². The highest BCUT2D eigenvalue weighted by Gasteiger charge is 2.59. The van der Waals surface area contributed by atoms with Gasteiger partial charge in [-0.05, 0) is 6.92 Å². The topological polar surface area (TPSA) is 134 Å². The third-order valence-electron chi connectivity index (χ3n) is 5.10. The summed E-state index contributed by atoms with van der Waals surface area (Å²) in [6.07, 6.45) is -0.837. The number of carbonyl (C=O) groups is 3. The van der Waals surface area contributed by atoms with Crippen molar-refractivity contribution < 1.29 is 24.6 Å². The van der Waals surface area contributed by atoms with Crippen LogP contribution >= 0.6 is 11.8 Å². The third kappa shape index (κ3) is 2.96. The van der Waals surface area contributed by atoms with E-state index in [2.05, 4.69) is 5.32 Å². The van der Waals surface area contributed by atoms with Crippen molar-refractivity contribution >= 4 is 35.4 Å². The number of nitrogens with one attached hydrogen (secondary N) is 2. The molecule has 9 nitrogen and oxygen atoms in total. The van der Waals surface area contributed by atoms with Crippen molar-refractivity contribution in [1.82, 2.24) is 15.1 Å². The lowest BCUT2D eigenvalue weighted by Crippen LogP contribution is -2.63. The number of amidine groups is 1. The quantitative estimate of drug-likeness (QED) is 0.280. The summed E-state index contributed by atoms with van der Waals surface area (Å²) in [5.74, 6) is -2.03. The Hall–Kier alpha value is -2.07. The van der Waals surface area contributed by atoms with Gasteiger partial charge in [0.25, 0.3) is 0 Å². The molecule has 4 N–H and O–H groups in total. The first-order chi connectivity index (χ1) is 12.2. The first-order valence-corrected chi connectivity index (χ1v) is 9.43. The lowest BCUT2D eigenvalue weighted by atomic mass is 9.79. The summed E-state index contributed by atoms with van der Waals surface area (Å²) in [7, 11) is 0. The van der Waals surface area contributed by atoms with Crippen LogP contribution in [0.1, 0.15) is 13.8 Å². The summed E-state index contributed by atoms with van der Waals surface area (Å²) >= 11 is 1.22. The Morgan fingerprint density at radius 2 is 2.15 bits per heavy atom. The number of thioether (sulfide) groups is 1. The maximum atomic E-state index is 12.3. The van der Waals surface area contributed by atoms with Gasteiger partial charge in [0.05, 0.1) is 30.4 Å². The van der Waals surface area contributed by atoms with E-state index < -0.39 is 18.0 Å². The Morgan fingerprint density at radius 1 is 1.46 bits per heavy atom. The van der Waals surface area contributed by atoms with E-state index in [0.29, 0.717) is 18.0 Å². The minimum absolute atomic E-state index is 0.0430. The number of nitrogens with zero attached hydrogens (tertiary/aromatic N) is 2. The van der Waals surface area contributed by atoms with Gasteiger partial charge in [0.2, 0.25) is 11.8 Å². The fourth-order valence-corrected chi connectivity index (χ4v) is 5.02. The molecule has 3 aliphatic heterocycles. The van der Waals surface area contributed by atoms with Crippen LogP contribution in [0.15, 0.2) is 10.6 Å². The lowest BCUT2D eigenvalue weighted by Gasteiger charge is -2.46. The van der Waals surface area contributed by atoms with Crippen molar-refractivity contribution in [2.24, 2.45) is 11.8 Å². The van der Waals surface area contributed by atoms with Gasteiger partial charge in [0.15, 0.2) is 0 Å². The second-order valence-electron chi connectivity index (χ2n) is 6.78. The van der Waals surface area contributed by atoms with Crippen LogP contribution < -0.4 is 5.32 Å². The average Bonchev–Trinajstić information content (AvgIpc) is 2.81. The van der Waals surface area contributed by atoms with E-state index >= 15 is 0 Å². The standard InChI is InChI=1S/C16H22N4O5S/c1-7-12-11(8(2)21)15(23)20(12)13(16(24)25)14(7)26-6-9(17)19-4-3-18-10(22)5-19/h7-8,11-12,17,21H,3-6H2,1-2H3,(H,18,22)(H,24,25)/t7-,8-,11-,12-/m1/s1. The fraction of sp³-hybridized carbons (Fsp3) is 0.625. The van der Waals surface area contributed by atoms with E-state index in [1.54, 1.807) is 4.90 Å². The Morgan fingerprint density at radius 3 is 2.73 bits per heavy atom. The van der Waals surface area contributed by atoms with Crippen LogP contribution in [0.3, 0.4) is 0 Å². The number of aliphatic hydroxyl groups excluding tert-OH is 1. The number of fused-ring (bicyclic) bond motifs is 1. The molecule has 0 unspecified atom stereocenters. The van der Waals surface area contributed by atoms with Gasteiger partial charge in [0.1, 0.15) is 11.5 Å². The number of hydrogen-bond acceptors (Lipinski definition) is 6. The van der Waals surface area contributed by atoms with Gasteiger partial charge in [-0.1, -0.05) is 6.92 Å². The number of piperazine rings is 1. The zero-order valence-corrected chi connectivity index (χ0v) is 15.4. The monoisotopic (exact) mass is 382 g/mol. The van der Waals surface area contributed by atoms with Crippen molar-refractivity contribution in [2.45, 2.75) is 26.0 Å². The smallest absolute Gasteiger partial charge is 0.353 e. The van der Waals surface area contributed by atoms with Gasteiger partial charge in [-0.2, -0.15) is 0 Å². The zero-order chi connectivity index (χ0) is 19.2. The number of carboxylic acid groups (broad SMARTS) is 1. The molecule has 0 aromatic heterocycles. The van der Waals surface area contributed by atoms with Gasteiger partial charge in [0, 0.05) is 23.9 Å². The van der Waals surface area contributed by atoms with Crippen molar-refractivity contribution in [2.75, 3.05) is 25.4 Å². The molecule has 2 fully saturated rings. The van der Waals surface area contributed by atoms with Crippen LogP contribution in [-0.2, 0) is 14.4 Å². The number of amides is 2. The molecule has 2 amide bonds. The largest absolute Gasteiger partial charge is 0.477 e. The molecule has 26 heavy (non-hydrogen) atoms. The summed E-state index contributed by atoms with van der Waals surface area (Å²) < 4.78 is 0. The molecular weight excluding hydrogens is 360 g/mol. The Labute approximate surface area is 154 Å². The number of rotatable bonds is 5. The second-order valence-corrected chi connectivity index (χ2v) is 7.80. The number of β-lactam (4-membered cyclic amide) rings is 1. The number of hydrogen-bond donors (Lipinski definition) is 4. The van der Waals surface area contributed by atoms with E-state index in [-0.39, 0.29) is 47.6 Å². The van der Waals surface area contributed by atoms with Crippen LogP contribution in [0.5, 0.6) is 0 Å². The number of carbonyl (C=O) groups excluding carboxylic acids is 2. The van der Waals surface area contributed by atoms with Crippen LogP contribution in [0, 0.1) is 17.2 Å². The molecule has 0 saturated carbocycles. The van der Waals surface area contributed by atoms with Crippen molar-refractivity contribution in [3.8, 4) is 0 Å². The first kappa shape index (κ1) is 18.7. The van der Waals surface area contributed by atoms with E-state index in [1.165, 1.54) is 23.6 Å². The van der Waals surface area contributed by atoms with Gasteiger partial charge in [-0.3, -0.25) is 15.0 Å². The highest BCUT2D eigenvalue weighted by molar-refractivity contribution is 8.03. The minimum Gasteiger partial charge on any atom is -0.477 e. The molecule has 0 spiro atoms. The van der Waals surface area contributed by atoms with Crippen molar-refractivity contribution in [3.05, 3.63) is 10.6 Å². The zero-order valence-electron chi connectivity index (χ0n) is 14.6. The Kier molecular flexibility index (Phi) is 4.98. The predicted molar refractivity (Wildman–Crippen MR) is 94.4 cm³/mol. The van der Waals surface area contributed by atoms with Crippen molar-refractivity contribution in [1.29, 1.82) is 5.41 Å². The summed E-state index contributed by atoms with van der Waals surface area (Å²) in [5, 5.41) is 30.3. The van der Waals surface area contributed by atoms with Crippen molar-refractivity contribution in [3.63, 3.8) is 0 Å². The maximum absolute atomic E-state index is 12.3. The maximum Gasteiger partial charge on any atom is 0.353 e. The number of carboxylic acids is 1. The molecule has 10 heteroatoms. The molecule has 3 rings (SSSR count). The van der Waals surface area contributed by atoms with Crippen LogP contribution in [0.2, 0.25) is 0 Å². The SMILES string of the molecule is C[C@@H](O)[C@H]1C(=O)N2C(C(=O)O)=C(SCC(=N)N3CCNC(=O)C3)[C@H](C)[C@H]12. The summed E-state index contributed by atoms with van der Waals surface area (Å²) in [6, 6.07) is -0.356. The second kappa shape index (κ2) is 6.92. The van der Waals surface area contributed by atoms with Gasteiger partial charge >= 0.3 is 5.97 Å². The molecule has 0 bridgehead atoms. The van der Waals surface area contributed by atoms with E-state index in [0.717, 1.165) is 0 Å². The number of aliphatic hydroxyl groups is 1. The first-order valence-electron chi connectivity index (χ1n) is 8.44. The molecule has 4 atom stereocenters. The number of aliphatic carboxylic acids is 1. The van der Waals surface area contributed by atoms with Gasteiger partial charge in [-0.25, -0.2) is 4.79 Å². The molecule has 0 aromatic carbocycles. The molecule has 2 saturated heterocycles. The Bertz CT molecular complexity index is 707. The molecule has 3 aliphatic rings. The van der Waals surface area contributed by atoms with E-state index in [9.17, 15) is 24.6 Å². The average molecular weight is 382 g/mol. The molecule has 0 radical (unpaired) electrons. The third-order valence-corrected chi connectivity index (χ3v) is 6.39. The summed E-state index contributed by atoms with van der Waals surface area (Å²) in [5.41, 5.74) is -0.0430. The summed E-state index contributed by atoms with van der Waals surface area (Å²) in [4.78, 5) is 38.9. The van der Waals surface area contributed by atoms with E-state index in [4.69, 9.17) is 5.41 Å². The highest BCUT2D eigenvalue weighted by atomic mass is 32.2. The molecular formula is C16H22N4O5S. The summed E-state index contributed by atoms with van der Waals surface area (Å²) in [6.45, 7) is 4.52. The highest BCUT2D eigenvalue weighted by Crippen LogP contribution is 2.50. The van der Waals surface area contributed by atoms with Crippen LogP contribution in [0.25, 0.3) is 0 Å².